The molecule has 0 radical (unpaired) electrons. The van der Waals surface area contributed by atoms with Crippen LogP contribution in [0.1, 0.15) is 16.7 Å². The Morgan fingerprint density at radius 3 is 2.53 bits per heavy atom. The van der Waals surface area contributed by atoms with E-state index in [4.69, 9.17) is 9.47 Å². The molecule has 38 heavy (non-hydrogen) atoms. The van der Waals surface area contributed by atoms with Gasteiger partial charge >= 0.3 is 6.09 Å². The number of likely N-dealkylation sites (N-methyl/N-ethyl adjacent to an activating group) is 1. The molecular weight excluding hydrogens is 480 g/mol. The van der Waals surface area contributed by atoms with E-state index in [0.29, 0.717) is 18.4 Å². The van der Waals surface area contributed by atoms with Gasteiger partial charge in [0.1, 0.15) is 24.8 Å². The fourth-order valence-corrected chi connectivity index (χ4v) is 3.59. The number of benzene rings is 2. The summed E-state index contributed by atoms with van der Waals surface area (Å²) in [5, 5.41) is 5.75. The van der Waals surface area contributed by atoms with Crippen LogP contribution in [0, 0.1) is 13.8 Å². The molecule has 0 saturated heterocycles. The van der Waals surface area contributed by atoms with Crippen molar-refractivity contribution in [3.05, 3.63) is 89.7 Å². The summed E-state index contributed by atoms with van der Waals surface area (Å²) in [6, 6.07) is 19.1. The summed E-state index contributed by atoms with van der Waals surface area (Å²) >= 11 is 0. The molecule has 2 heterocycles. The first-order chi connectivity index (χ1) is 18.4. The minimum Gasteiger partial charge on any atom is -0.492 e. The Bertz CT molecular complexity index is 1360. The van der Waals surface area contributed by atoms with Gasteiger partial charge in [-0.1, -0.05) is 24.3 Å². The number of aromatic nitrogens is 3. The van der Waals surface area contributed by atoms with Gasteiger partial charge in [-0.05, 0) is 75.5 Å². The maximum Gasteiger partial charge on any atom is 0.413 e. The van der Waals surface area contributed by atoms with E-state index >= 15 is 0 Å². The molecule has 9 heteroatoms. The van der Waals surface area contributed by atoms with E-state index in [2.05, 4.69) is 56.5 Å². The first-order valence-corrected chi connectivity index (χ1v) is 12.3. The Morgan fingerprint density at radius 1 is 0.974 bits per heavy atom. The van der Waals surface area contributed by atoms with Gasteiger partial charge in [0, 0.05) is 35.8 Å². The second kappa shape index (κ2) is 12.6. The number of nitrogens with one attached hydrogen (secondary N) is 2. The van der Waals surface area contributed by atoms with Crippen LogP contribution in [0.4, 0.5) is 22.2 Å². The molecule has 0 spiro atoms. The van der Waals surface area contributed by atoms with E-state index < -0.39 is 6.09 Å². The Kier molecular flexibility index (Phi) is 8.84. The third-order valence-corrected chi connectivity index (χ3v) is 5.88. The average Bonchev–Trinajstić information content (AvgIpc) is 2.90. The zero-order valence-electron chi connectivity index (χ0n) is 22.1. The number of carbonyl (C=O) groups excluding carboxylic acids is 1. The van der Waals surface area contributed by atoms with Crippen LogP contribution >= 0.6 is 0 Å². The van der Waals surface area contributed by atoms with Crippen molar-refractivity contribution < 1.29 is 14.3 Å². The summed E-state index contributed by atoms with van der Waals surface area (Å²) in [7, 11) is 4.00. The van der Waals surface area contributed by atoms with Crippen molar-refractivity contribution in [1.29, 1.82) is 0 Å². The number of aryl methyl sites for hydroxylation is 1. The van der Waals surface area contributed by atoms with E-state index in [1.165, 1.54) is 11.1 Å². The molecular formula is C29H32N6O3. The van der Waals surface area contributed by atoms with E-state index in [1.54, 1.807) is 18.5 Å². The van der Waals surface area contributed by atoms with Gasteiger partial charge in [-0.15, -0.1) is 0 Å². The number of carbonyl (C=O) groups is 1. The topological polar surface area (TPSA) is 102 Å². The monoisotopic (exact) mass is 512 g/mol. The van der Waals surface area contributed by atoms with E-state index in [9.17, 15) is 4.79 Å². The van der Waals surface area contributed by atoms with Crippen molar-refractivity contribution in [1.82, 2.24) is 19.9 Å². The summed E-state index contributed by atoms with van der Waals surface area (Å²) in [6.45, 7) is 5.71. The molecule has 4 aromatic rings. The predicted octanol–water partition coefficient (Wildman–Crippen LogP) is 5.59. The summed E-state index contributed by atoms with van der Waals surface area (Å²) < 4.78 is 11.1. The van der Waals surface area contributed by atoms with Crippen molar-refractivity contribution >= 4 is 23.5 Å². The second-order valence-electron chi connectivity index (χ2n) is 9.07. The van der Waals surface area contributed by atoms with Crippen LogP contribution in [0.15, 0.2) is 73.1 Å². The number of ether oxygens (including phenoxy) is 2. The quantitative estimate of drug-likeness (QED) is 0.284. The highest BCUT2D eigenvalue weighted by molar-refractivity contribution is 5.83. The Labute approximate surface area is 222 Å². The van der Waals surface area contributed by atoms with Crippen LogP contribution < -0.4 is 15.4 Å². The smallest absolute Gasteiger partial charge is 0.413 e. The normalized spacial score (nSPS) is 10.8. The van der Waals surface area contributed by atoms with Gasteiger partial charge in [0.2, 0.25) is 5.95 Å². The highest BCUT2D eigenvalue weighted by atomic mass is 16.5. The van der Waals surface area contributed by atoms with Crippen LogP contribution in [0.25, 0.3) is 11.3 Å². The van der Waals surface area contributed by atoms with E-state index in [0.717, 1.165) is 34.8 Å². The lowest BCUT2D eigenvalue weighted by Gasteiger charge is -2.12. The molecule has 9 nitrogen and oxygen atoms in total. The molecule has 0 atom stereocenters. The van der Waals surface area contributed by atoms with E-state index in [-0.39, 0.29) is 6.61 Å². The summed E-state index contributed by atoms with van der Waals surface area (Å²) in [5.74, 6) is 1.45. The van der Waals surface area contributed by atoms with Gasteiger partial charge in [-0.25, -0.2) is 9.78 Å². The van der Waals surface area contributed by atoms with Gasteiger partial charge in [-0.2, -0.15) is 4.98 Å². The third kappa shape index (κ3) is 7.50. The average molecular weight is 513 g/mol. The fourth-order valence-electron chi connectivity index (χ4n) is 3.59. The SMILES string of the molecule is Cc1cccc(-c2ccc(COC(=O)Nc3ccnc(Nc4ccc(OCCN(C)C)cc4)n3)cn2)c1C. The van der Waals surface area contributed by atoms with Gasteiger partial charge in [-0.3, -0.25) is 10.3 Å². The number of hydrogen-bond acceptors (Lipinski definition) is 8. The summed E-state index contributed by atoms with van der Waals surface area (Å²) in [4.78, 5) is 27.5. The molecule has 0 fully saturated rings. The van der Waals surface area contributed by atoms with Crippen LogP contribution in [0.2, 0.25) is 0 Å². The minimum atomic E-state index is -0.618. The molecule has 0 aliphatic carbocycles. The van der Waals surface area contributed by atoms with Crippen LogP contribution in [-0.4, -0.2) is 53.2 Å². The fraction of sp³-hybridized carbons (Fsp3) is 0.241. The largest absolute Gasteiger partial charge is 0.492 e. The molecule has 2 aromatic heterocycles. The maximum absolute atomic E-state index is 12.3. The number of nitrogens with zero attached hydrogens (tertiary/aromatic N) is 4. The number of anilines is 3. The molecule has 4 rings (SSSR count). The lowest BCUT2D eigenvalue weighted by molar-refractivity contribution is 0.155. The minimum absolute atomic E-state index is 0.0884. The van der Waals surface area contributed by atoms with Gasteiger partial charge in [0.15, 0.2) is 0 Å². The molecule has 0 aliphatic heterocycles. The molecule has 0 unspecified atom stereocenters. The first-order valence-electron chi connectivity index (χ1n) is 12.3. The number of pyridine rings is 1. The lowest BCUT2D eigenvalue weighted by atomic mass is 10.0. The molecule has 2 N–H and O–H groups in total. The summed E-state index contributed by atoms with van der Waals surface area (Å²) in [6.07, 6.45) is 2.66. The standard InChI is InChI=1S/C29H32N6O3/c1-20-6-5-7-25(21(20)2)26-13-8-22(18-31-26)19-38-29(36)34-27-14-15-30-28(33-27)32-23-9-11-24(12-10-23)37-17-16-35(3)4/h5-15,18H,16-17,19H2,1-4H3,(H2,30,32,33,34,36). The summed E-state index contributed by atoms with van der Waals surface area (Å²) in [5.41, 5.74) is 5.97. The third-order valence-electron chi connectivity index (χ3n) is 5.88. The van der Waals surface area contributed by atoms with Crippen molar-refractivity contribution in [2.45, 2.75) is 20.5 Å². The molecule has 0 aliphatic rings. The van der Waals surface area contributed by atoms with Crippen molar-refractivity contribution in [3.8, 4) is 17.0 Å². The molecule has 196 valence electrons. The molecule has 2 aromatic carbocycles. The number of amides is 1. The Balaban J connectivity index is 1.27. The van der Waals surface area contributed by atoms with Crippen LogP contribution in [0.3, 0.4) is 0 Å². The van der Waals surface area contributed by atoms with Gasteiger partial charge in [0.25, 0.3) is 0 Å². The highest BCUT2D eigenvalue weighted by Crippen LogP contribution is 2.24. The maximum atomic E-state index is 12.3. The van der Waals surface area contributed by atoms with Crippen LogP contribution in [0.5, 0.6) is 5.75 Å². The van der Waals surface area contributed by atoms with Gasteiger partial charge in [0.05, 0.1) is 5.69 Å². The zero-order chi connectivity index (χ0) is 26.9. The zero-order valence-corrected chi connectivity index (χ0v) is 22.1. The number of rotatable bonds is 10. The molecule has 0 bridgehead atoms. The predicted molar refractivity (Wildman–Crippen MR) is 149 cm³/mol. The van der Waals surface area contributed by atoms with Crippen molar-refractivity contribution in [2.75, 3.05) is 37.9 Å². The highest BCUT2D eigenvalue weighted by Gasteiger charge is 2.09. The van der Waals surface area contributed by atoms with Crippen molar-refractivity contribution in [2.24, 2.45) is 0 Å². The molecule has 0 saturated carbocycles. The lowest BCUT2D eigenvalue weighted by Crippen LogP contribution is -2.19. The Morgan fingerprint density at radius 2 is 1.79 bits per heavy atom. The van der Waals surface area contributed by atoms with Gasteiger partial charge < -0.3 is 19.7 Å². The molecule has 1 amide bonds. The second-order valence-corrected chi connectivity index (χ2v) is 9.07. The van der Waals surface area contributed by atoms with E-state index in [1.807, 2.05) is 56.6 Å². The number of hydrogen-bond donors (Lipinski definition) is 2. The van der Waals surface area contributed by atoms with Crippen LogP contribution in [-0.2, 0) is 11.3 Å². The Hall–Kier alpha value is -4.50. The first kappa shape index (κ1) is 26.6. The van der Waals surface area contributed by atoms with Crippen molar-refractivity contribution in [3.63, 3.8) is 0 Å².